The number of primary sulfonamides is 1. The molecule has 8 heteroatoms. The lowest BCUT2D eigenvalue weighted by molar-refractivity contribution is -0.870. The summed E-state index contributed by atoms with van der Waals surface area (Å²) >= 11 is 0. The zero-order valence-electron chi connectivity index (χ0n) is 12.8. The summed E-state index contributed by atoms with van der Waals surface area (Å²) in [5.74, 6) is 0. The maximum absolute atomic E-state index is 10.8. The molecular weight excluding hydrogens is 293 g/mol. The molecule has 20 heavy (non-hydrogen) atoms. The van der Waals surface area contributed by atoms with E-state index in [9.17, 15) is 21.6 Å². The van der Waals surface area contributed by atoms with E-state index >= 15 is 0 Å². The minimum atomic E-state index is -5.34. The lowest BCUT2D eigenvalue weighted by Crippen LogP contribution is -2.35. The quantitative estimate of drug-likeness (QED) is 0.579. The van der Waals surface area contributed by atoms with Crippen LogP contribution in [0.4, 0.5) is 13.2 Å². The van der Waals surface area contributed by atoms with Crippen molar-refractivity contribution in [2.75, 3.05) is 27.7 Å². The van der Waals surface area contributed by atoms with Crippen LogP contribution < -0.4 is 5.14 Å². The van der Waals surface area contributed by atoms with Crippen molar-refractivity contribution in [1.29, 1.82) is 0 Å². The van der Waals surface area contributed by atoms with E-state index in [-0.39, 0.29) is 0 Å². The van der Waals surface area contributed by atoms with Gasteiger partial charge in [-0.1, -0.05) is 32.6 Å². The number of nitrogens with zero attached hydrogens (tertiary/aromatic N) is 1. The molecule has 124 valence electrons. The smallest absolute Gasteiger partial charge is 0.331 e. The summed E-state index contributed by atoms with van der Waals surface area (Å²) in [6, 6.07) is 0. The van der Waals surface area contributed by atoms with Gasteiger partial charge in [-0.15, -0.1) is 0 Å². The first-order valence-corrected chi connectivity index (χ1v) is 8.25. The van der Waals surface area contributed by atoms with Crippen LogP contribution in [0, 0.1) is 0 Å². The van der Waals surface area contributed by atoms with Crippen molar-refractivity contribution in [3.63, 3.8) is 0 Å². The summed E-state index contributed by atoms with van der Waals surface area (Å²) in [6.07, 6.45) is 8.48. The molecule has 2 N–H and O–H groups in total. The largest absolute Gasteiger partial charge is 0.511 e. The van der Waals surface area contributed by atoms with Gasteiger partial charge in [-0.05, 0) is 12.8 Å². The summed E-state index contributed by atoms with van der Waals surface area (Å²) in [4.78, 5) is 0. The van der Waals surface area contributed by atoms with Gasteiger partial charge >= 0.3 is 15.5 Å². The van der Waals surface area contributed by atoms with Crippen molar-refractivity contribution in [2.45, 2.75) is 51.0 Å². The van der Waals surface area contributed by atoms with Gasteiger partial charge in [-0.25, -0.2) is 13.6 Å². The van der Waals surface area contributed by atoms with Gasteiger partial charge in [0.25, 0.3) is 0 Å². The monoisotopic (exact) mass is 321 g/mol. The highest BCUT2D eigenvalue weighted by atomic mass is 32.2. The molecule has 0 radical (unpaired) electrons. The SMILES string of the molecule is CCCCCCCC[N+](C)(C)C.NS(=O)(=O)C(F)(F)F. The van der Waals surface area contributed by atoms with E-state index < -0.39 is 15.5 Å². The van der Waals surface area contributed by atoms with Crippen molar-refractivity contribution in [2.24, 2.45) is 5.14 Å². The van der Waals surface area contributed by atoms with Crippen LogP contribution in [0.3, 0.4) is 0 Å². The number of nitrogens with two attached hydrogens (primary N) is 1. The third-order valence-corrected chi connectivity index (χ3v) is 3.15. The van der Waals surface area contributed by atoms with Gasteiger partial charge in [0.05, 0.1) is 27.7 Å². The fourth-order valence-corrected chi connectivity index (χ4v) is 1.37. The topological polar surface area (TPSA) is 60.2 Å². The van der Waals surface area contributed by atoms with Crippen LogP contribution in [-0.2, 0) is 10.0 Å². The Morgan fingerprint density at radius 2 is 1.30 bits per heavy atom. The molecule has 4 nitrogen and oxygen atoms in total. The average molecular weight is 321 g/mol. The van der Waals surface area contributed by atoms with Gasteiger partial charge in [0.1, 0.15) is 0 Å². The Labute approximate surface area is 120 Å². The predicted octanol–water partition coefficient (Wildman–Crippen LogP) is 2.85. The van der Waals surface area contributed by atoms with Crippen LogP contribution in [0.15, 0.2) is 0 Å². The highest BCUT2D eigenvalue weighted by Gasteiger charge is 2.42. The normalized spacial score (nSPS) is 12.8. The molecule has 0 aromatic rings. The van der Waals surface area contributed by atoms with Crippen LogP contribution in [0.2, 0.25) is 0 Å². The van der Waals surface area contributed by atoms with E-state index in [1.54, 1.807) is 0 Å². The van der Waals surface area contributed by atoms with E-state index in [4.69, 9.17) is 0 Å². The average Bonchev–Trinajstić information content (AvgIpc) is 2.19. The predicted molar refractivity (Wildman–Crippen MR) is 75.4 cm³/mol. The third-order valence-electron chi connectivity index (χ3n) is 2.51. The van der Waals surface area contributed by atoms with Gasteiger partial charge in [0.15, 0.2) is 0 Å². The maximum atomic E-state index is 10.8. The number of hydrogen-bond donors (Lipinski definition) is 1. The Morgan fingerprint density at radius 1 is 0.950 bits per heavy atom. The zero-order chi connectivity index (χ0) is 16.4. The van der Waals surface area contributed by atoms with Crippen LogP contribution in [0.5, 0.6) is 0 Å². The summed E-state index contributed by atoms with van der Waals surface area (Å²) in [6.45, 7) is 3.60. The van der Waals surface area contributed by atoms with E-state index in [1.807, 2.05) is 0 Å². The minimum absolute atomic E-state index is 1.12. The van der Waals surface area contributed by atoms with Crippen molar-refractivity contribution < 1.29 is 26.1 Å². The number of hydrogen-bond acceptors (Lipinski definition) is 2. The number of halogens is 3. The summed E-state index contributed by atoms with van der Waals surface area (Å²) in [7, 11) is 1.47. The van der Waals surface area contributed by atoms with E-state index in [0.717, 1.165) is 4.48 Å². The van der Waals surface area contributed by atoms with E-state index in [1.165, 1.54) is 45.1 Å². The molecule has 0 aromatic heterocycles. The van der Waals surface area contributed by atoms with Gasteiger partial charge in [0.2, 0.25) is 0 Å². The Morgan fingerprint density at radius 3 is 1.60 bits per heavy atom. The summed E-state index contributed by atoms with van der Waals surface area (Å²) in [5, 5.41) is 3.66. The lowest BCUT2D eigenvalue weighted by atomic mass is 10.1. The second-order valence-electron chi connectivity index (χ2n) is 5.77. The summed E-state index contributed by atoms with van der Waals surface area (Å²) in [5.41, 5.74) is -5.31. The Kier molecular flexibility index (Phi) is 10.5. The molecule has 0 atom stereocenters. The van der Waals surface area contributed by atoms with Crippen molar-refractivity contribution in [3.05, 3.63) is 0 Å². The first-order valence-electron chi connectivity index (χ1n) is 6.71. The molecule has 0 rings (SSSR count). The Bertz CT molecular complexity index is 336. The first kappa shape index (κ1) is 21.9. The molecule has 0 saturated heterocycles. The third kappa shape index (κ3) is 15.7. The molecule has 0 heterocycles. The highest BCUT2D eigenvalue weighted by molar-refractivity contribution is 7.90. The van der Waals surface area contributed by atoms with Crippen LogP contribution in [0.1, 0.15) is 45.4 Å². The number of rotatable bonds is 7. The fraction of sp³-hybridized carbons (Fsp3) is 1.00. The second kappa shape index (κ2) is 9.57. The zero-order valence-corrected chi connectivity index (χ0v) is 13.6. The number of alkyl halides is 3. The van der Waals surface area contributed by atoms with Gasteiger partial charge < -0.3 is 4.48 Å². The van der Waals surface area contributed by atoms with Crippen LogP contribution in [-0.4, -0.2) is 46.1 Å². The van der Waals surface area contributed by atoms with E-state index in [2.05, 4.69) is 33.2 Å². The molecule has 0 aliphatic heterocycles. The number of quaternary nitrogens is 1. The van der Waals surface area contributed by atoms with Crippen molar-refractivity contribution >= 4 is 10.0 Å². The lowest BCUT2D eigenvalue weighted by Gasteiger charge is -2.23. The molecule has 0 bridgehead atoms. The molecule has 0 aliphatic rings. The molecular formula is C12H28F3N2O2S+. The first-order chi connectivity index (χ1) is 8.81. The van der Waals surface area contributed by atoms with Gasteiger partial charge in [-0.3, -0.25) is 0 Å². The molecule has 0 saturated carbocycles. The standard InChI is InChI=1S/C11H26N.CH2F3NO2S/c1-5-6-7-8-9-10-11-12(2,3)4;2-1(3,4)8(5,6)7/h5-11H2,1-4H3;(H2,5,6,7)/q+1;. The molecule has 0 unspecified atom stereocenters. The minimum Gasteiger partial charge on any atom is -0.331 e. The highest BCUT2D eigenvalue weighted by Crippen LogP contribution is 2.18. The van der Waals surface area contributed by atoms with Crippen LogP contribution >= 0.6 is 0 Å². The fourth-order valence-electron chi connectivity index (χ4n) is 1.37. The van der Waals surface area contributed by atoms with Crippen LogP contribution in [0.25, 0.3) is 0 Å². The van der Waals surface area contributed by atoms with Gasteiger partial charge in [-0.2, -0.15) is 13.2 Å². The molecule has 0 fully saturated rings. The Hall–Kier alpha value is -0.340. The second-order valence-corrected chi connectivity index (χ2v) is 7.33. The Balaban J connectivity index is 0. The molecule has 0 aromatic carbocycles. The molecule has 0 amide bonds. The van der Waals surface area contributed by atoms with Crippen molar-refractivity contribution in [1.82, 2.24) is 0 Å². The molecule has 0 aliphatic carbocycles. The summed E-state index contributed by atoms with van der Waals surface area (Å²) < 4.78 is 52.3. The van der Waals surface area contributed by atoms with E-state index in [0.29, 0.717) is 0 Å². The van der Waals surface area contributed by atoms with Crippen molar-refractivity contribution in [3.8, 4) is 0 Å². The maximum Gasteiger partial charge on any atom is 0.511 e. The molecule has 0 spiro atoms. The number of unbranched alkanes of at least 4 members (excludes halogenated alkanes) is 5. The number of sulfonamides is 1. The van der Waals surface area contributed by atoms with Gasteiger partial charge in [0, 0.05) is 0 Å².